The van der Waals surface area contributed by atoms with E-state index in [4.69, 9.17) is 9.40 Å². The van der Waals surface area contributed by atoms with E-state index >= 15 is 0 Å². The number of carbonyl (C=O) groups is 2. The zero-order valence-electron chi connectivity index (χ0n) is 22.0. The van der Waals surface area contributed by atoms with Gasteiger partial charge in [0.25, 0.3) is 0 Å². The molecule has 5 aromatic rings. The number of fused-ring (bicyclic) bond motifs is 2. The van der Waals surface area contributed by atoms with E-state index in [1.165, 1.54) is 11.3 Å². The molecule has 1 fully saturated rings. The molecule has 4 aromatic heterocycles. The molecular weight excluding hydrogens is 530 g/mol. The lowest BCUT2D eigenvalue weighted by atomic mass is 9.80. The number of thiazole rings is 1. The number of hydrogen-bond acceptors (Lipinski definition) is 9. The van der Waals surface area contributed by atoms with Crippen LogP contribution in [0.1, 0.15) is 26.7 Å². The molecule has 0 radical (unpaired) electrons. The Hall–Kier alpha value is -4.58. The van der Waals surface area contributed by atoms with Crippen molar-refractivity contribution in [3.05, 3.63) is 49.1 Å². The second-order valence-electron chi connectivity index (χ2n) is 9.99. The average molecular weight is 558 g/mol. The SMILES string of the molecule is CCNC(=O)Nc1nc2cc(-c3cnc(N4CCC(C)(C(=O)O)CC4)nc3)cc(-c3nccc4occc34)c2s1. The number of nitrogens with one attached hydrogen (secondary N) is 2. The largest absolute Gasteiger partial charge is 0.481 e. The molecule has 3 N–H and O–H groups in total. The van der Waals surface area contributed by atoms with Crippen molar-refractivity contribution in [1.29, 1.82) is 0 Å². The van der Waals surface area contributed by atoms with Crippen LogP contribution in [0.2, 0.25) is 0 Å². The number of piperidine rings is 1. The van der Waals surface area contributed by atoms with Crippen molar-refractivity contribution in [2.75, 3.05) is 29.9 Å². The van der Waals surface area contributed by atoms with Crippen molar-refractivity contribution < 1.29 is 19.1 Å². The normalized spacial score (nSPS) is 14.9. The van der Waals surface area contributed by atoms with Gasteiger partial charge in [0.15, 0.2) is 5.13 Å². The van der Waals surface area contributed by atoms with E-state index in [9.17, 15) is 14.7 Å². The number of benzene rings is 1. The minimum atomic E-state index is -0.762. The first kappa shape index (κ1) is 25.7. The van der Waals surface area contributed by atoms with Crippen LogP contribution in [0.3, 0.4) is 0 Å². The van der Waals surface area contributed by atoms with Crippen LogP contribution >= 0.6 is 11.3 Å². The molecule has 12 heteroatoms. The quantitative estimate of drug-likeness (QED) is 0.250. The van der Waals surface area contributed by atoms with E-state index in [0.717, 1.165) is 38.1 Å². The van der Waals surface area contributed by atoms with Crippen molar-refractivity contribution in [3.8, 4) is 22.4 Å². The predicted octanol–water partition coefficient (Wildman–Crippen LogP) is 5.39. The molecule has 1 saturated heterocycles. The van der Waals surface area contributed by atoms with Gasteiger partial charge in [-0.1, -0.05) is 11.3 Å². The van der Waals surface area contributed by atoms with Gasteiger partial charge in [-0.3, -0.25) is 15.1 Å². The number of pyridine rings is 1. The number of aromatic nitrogens is 4. The molecule has 40 heavy (non-hydrogen) atoms. The summed E-state index contributed by atoms with van der Waals surface area (Å²) < 4.78 is 6.49. The predicted molar refractivity (Wildman–Crippen MR) is 154 cm³/mol. The van der Waals surface area contributed by atoms with Gasteiger partial charge < -0.3 is 19.7 Å². The number of anilines is 2. The fourth-order valence-electron chi connectivity index (χ4n) is 4.89. The van der Waals surface area contributed by atoms with Crippen LogP contribution < -0.4 is 15.5 Å². The molecule has 204 valence electrons. The first-order valence-corrected chi connectivity index (χ1v) is 13.8. The molecule has 6 rings (SSSR count). The minimum absolute atomic E-state index is 0.316. The number of carboxylic acids is 1. The topological polar surface area (TPSA) is 146 Å². The number of rotatable bonds is 6. The Morgan fingerprint density at radius 3 is 2.62 bits per heavy atom. The van der Waals surface area contributed by atoms with Crippen molar-refractivity contribution in [2.45, 2.75) is 26.7 Å². The molecule has 0 saturated carbocycles. The minimum Gasteiger partial charge on any atom is -0.481 e. The first-order chi connectivity index (χ1) is 19.3. The zero-order valence-corrected chi connectivity index (χ0v) is 22.8. The molecule has 2 amide bonds. The number of furan rings is 1. The van der Waals surface area contributed by atoms with E-state index < -0.39 is 11.4 Å². The molecule has 1 aliphatic rings. The smallest absolute Gasteiger partial charge is 0.321 e. The third kappa shape index (κ3) is 4.70. The molecule has 0 spiro atoms. The Morgan fingerprint density at radius 2 is 1.90 bits per heavy atom. The average Bonchev–Trinajstić information content (AvgIpc) is 3.60. The summed E-state index contributed by atoms with van der Waals surface area (Å²) >= 11 is 1.38. The van der Waals surface area contributed by atoms with Crippen molar-refractivity contribution in [3.63, 3.8) is 0 Å². The van der Waals surface area contributed by atoms with Crippen molar-refractivity contribution in [1.82, 2.24) is 25.3 Å². The Bertz CT molecular complexity index is 1720. The Kier molecular flexibility index (Phi) is 6.54. The molecule has 0 atom stereocenters. The van der Waals surface area contributed by atoms with E-state index in [0.29, 0.717) is 49.1 Å². The highest BCUT2D eigenvalue weighted by atomic mass is 32.1. The summed E-state index contributed by atoms with van der Waals surface area (Å²) in [6, 6.07) is 7.37. The van der Waals surface area contributed by atoms with Gasteiger partial charge in [0.2, 0.25) is 5.95 Å². The Balaban J connectivity index is 1.37. The number of aliphatic carboxylic acids is 1. The van der Waals surface area contributed by atoms with Gasteiger partial charge in [0, 0.05) is 54.7 Å². The van der Waals surface area contributed by atoms with Crippen LogP contribution in [-0.2, 0) is 4.79 Å². The fraction of sp³-hybridized carbons (Fsp3) is 0.286. The molecule has 0 aliphatic carbocycles. The van der Waals surface area contributed by atoms with E-state index in [2.05, 4.69) is 25.6 Å². The summed E-state index contributed by atoms with van der Waals surface area (Å²) in [7, 11) is 0. The number of urea groups is 1. The molecule has 0 unspecified atom stereocenters. The highest BCUT2D eigenvalue weighted by molar-refractivity contribution is 7.22. The van der Waals surface area contributed by atoms with Crippen LogP contribution in [0.25, 0.3) is 43.6 Å². The summed E-state index contributed by atoms with van der Waals surface area (Å²) in [6.07, 6.45) is 7.96. The van der Waals surface area contributed by atoms with Gasteiger partial charge in [-0.2, -0.15) is 0 Å². The Labute approximate surface area is 233 Å². The summed E-state index contributed by atoms with van der Waals surface area (Å²) in [6.45, 7) is 5.31. The lowest BCUT2D eigenvalue weighted by molar-refractivity contribution is -0.149. The number of carbonyl (C=O) groups excluding carboxylic acids is 1. The van der Waals surface area contributed by atoms with Crippen LogP contribution in [0.4, 0.5) is 15.9 Å². The van der Waals surface area contributed by atoms with E-state index in [1.807, 2.05) is 36.1 Å². The van der Waals surface area contributed by atoms with Gasteiger partial charge in [-0.05, 0) is 56.5 Å². The second kappa shape index (κ2) is 10.2. The third-order valence-corrected chi connectivity index (χ3v) is 8.34. The van der Waals surface area contributed by atoms with Crippen LogP contribution in [0, 0.1) is 5.41 Å². The molecule has 0 bridgehead atoms. The maximum Gasteiger partial charge on any atom is 0.321 e. The van der Waals surface area contributed by atoms with Crippen LogP contribution in [0.15, 0.2) is 53.5 Å². The maximum absolute atomic E-state index is 12.2. The molecule has 1 aliphatic heterocycles. The number of hydrogen-bond donors (Lipinski definition) is 3. The van der Waals surface area contributed by atoms with Gasteiger partial charge in [-0.15, -0.1) is 0 Å². The van der Waals surface area contributed by atoms with Crippen molar-refractivity contribution in [2.24, 2.45) is 5.41 Å². The second-order valence-corrected chi connectivity index (χ2v) is 11.0. The standard InChI is InChI=1S/C28H27N7O4S/c1-3-29-26(38)34-27-33-20-13-16(12-19(23(20)40-27)22-18-5-11-39-21(18)4-8-30-22)17-14-31-25(32-15-17)35-9-6-28(2,7-10-35)24(36)37/h4-5,8,11-15H,3,6-7,9-10H2,1-2H3,(H,36,37)(H2,29,33,34,38). The van der Waals surface area contributed by atoms with Crippen LogP contribution in [0.5, 0.6) is 0 Å². The summed E-state index contributed by atoms with van der Waals surface area (Å²) in [5.74, 6) is -0.189. The van der Waals surface area contributed by atoms with E-state index in [-0.39, 0.29) is 6.03 Å². The van der Waals surface area contributed by atoms with Gasteiger partial charge in [0.1, 0.15) is 5.58 Å². The molecule has 1 aromatic carbocycles. The van der Waals surface area contributed by atoms with Crippen LogP contribution in [-0.4, -0.2) is 56.7 Å². The monoisotopic (exact) mass is 557 g/mol. The molecule has 5 heterocycles. The molecular formula is C28H27N7O4S. The van der Waals surface area contributed by atoms with Crippen molar-refractivity contribution >= 4 is 55.6 Å². The number of nitrogens with zero attached hydrogens (tertiary/aromatic N) is 5. The van der Waals surface area contributed by atoms with Gasteiger partial charge >= 0.3 is 12.0 Å². The maximum atomic E-state index is 12.2. The molecule has 11 nitrogen and oxygen atoms in total. The summed E-state index contributed by atoms with van der Waals surface area (Å²) in [5, 5.41) is 16.4. The van der Waals surface area contributed by atoms with Gasteiger partial charge in [0.05, 0.1) is 27.6 Å². The lowest BCUT2D eigenvalue weighted by Crippen LogP contribution is -2.43. The highest BCUT2D eigenvalue weighted by Gasteiger charge is 2.37. The third-order valence-electron chi connectivity index (χ3n) is 7.32. The zero-order chi connectivity index (χ0) is 27.9. The fourth-order valence-corrected chi connectivity index (χ4v) is 5.84. The first-order valence-electron chi connectivity index (χ1n) is 13.0. The van der Waals surface area contributed by atoms with Gasteiger partial charge in [-0.25, -0.2) is 19.7 Å². The highest BCUT2D eigenvalue weighted by Crippen LogP contribution is 2.40. The summed E-state index contributed by atoms with van der Waals surface area (Å²) in [4.78, 5) is 44.4. The lowest BCUT2D eigenvalue weighted by Gasteiger charge is -2.36. The summed E-state index contributed by atoms with van der Waals surface area (Å²) in [5.41, 5.74) is 3.97. The number of amides is 2. The Morgan fingerprint density at radius 1 is 1.12 bits per heavy atom. The number of carboxylic acid groups (broad SMARTS) is 1. The van der Waals surface area contributed by atoms with E-state index in [1.54, 1.807) is 31.8 Å².